The lowest BCUT2D eigenvalue weighted by atomic mass is 9.89. The summed E-state index contributed by atoms with van der Waals surface area (Å²) >= 11 is 0. The summed E-state index contributed by atoms with van der Waals surface area (Å²) in [5.74, 6) is 0. The molecule has 0 heterocycles. The second-order valence-corrected chi connectivity index (χ2v) is 18.0. The van der Waals surface area contributed by atoms with E-state index in [0.717, 1.165) is 33.8 Å². The molecule has 0 atom stereocenters. The molecule has 0 unspecified atom stereocenters. The van der Waals surface area contributed by atoms with E-state index in [1.165, 1.54) is 83.1 Å². The van der Waals surface area contributed by atoms with Gasteiger partial charge in [-0.25, -0.2) is 0 Å². The van der Waals surface area contributed by atoms with Crippen molar-refractivity contribution in [1.29, 1.82) is 0 Å². The molecule has 0 aliphatic heterocycles. The van der Waals surface area contributed by atoms with Gasteiger partial charge in [-0.15, -0.1) is 0 Å². The Balaban J connectivity index is 0.973. The minimum atomic E-state index is 1.07. The first-order valence-electron chi connectivity index (χ1n) is 24.4. The minimum absolute atomic E-state index is 1.07. The molecule has 0 fully saturated rings. The standard InChI is InChI=1S/C70H49N/c1-4-21-50(22-5-1)60-31-10-14-35-66(60)68-37-16-12-33-62(68)53-41-45-57(46-42-53)71(59-30-18-29-56(49-59)65-40-20-28-55-27-19-39-64(70(55)65)52-25-8-3-9-26-52)58-47-43-54(44-48-58)63-34-13-17-38-69(63)67-36-15-11-32-61(67)51-23-6-2-7-24-51/h1-49H. The second kappa shape index (κ2) is 19.4. The van der Waals surface area contributed by atoms with E-state index in [9.17, 15) is 0 Å². The van der Waals surface area contributed by atoms with Crippen LogP contribution in [0.5, 0.6) is 0 Å². The summed E-state index contributed by atoms with van der Waals surface area (Å²) in [6.07, 6.45) is 0. The fraction of sp³-hybridized carbons (Fsp3) is 0. The first-order valence-corrected chi connectivity index (χ1v) is 24.4. The van der Waals surface area contributed by atoms with Crippen molar-refractivity contribution in [2.75, 3.05) is 4.90 Å². The Morgan fingerprint density at radius 2 is 0.451 bits per heavy atom. The fourth-order valence-corrected chi connectivity index (χ4v) is 10.4. The normalized spacial score (nSPS) is 11.1. The molecular formula is C70H49N. The van der Waals surface area contributed by atoms with Gasteiger partial charge in [-0.1, -0.05) is 261 Å². The first-order chi connectivity index (χ1) is 35.2. The highest BCUT2D eigenvalue weighted by atomic mass is 15.1. The van der Waals surface area contributed by atoms with Gasteiger partial charge in [-0.2, -0.15) is 0 Å². The van der Waals surface area contributed by atoms with E-state index in [1.807, 2.05) is 0 Å². The highest BCUT2D eigenvalue weighted by Crippen LogP contribution is 2.44. The Morgan fingerprint density at radius 1 is 0.169 bits per heavy atom. The summed E-state index contributed by atoms with van der Waals surface area (Å²) in [6.45, 7) is 0. The molecule has 12 aromatic carbocycles. The van der Waals surface area contributed by atoms with Crippen molar-refractivity contribution in [3.63, 3.8) is 0 Å². The molecule has 334 valence electrons. The number of rotatable bonds is 11. The van der Waals surface area contributed by atoms with Gasteiger partial charge in [-0.3, -0.25) is 0 Å². The first kappa shape index (κ1) is 43.0. The van der Waals surface area contributed by atoms with Crippen molar-refractivity contribution < 1.29 is 0 Å². The van der Waals surface area contributed by atoms with Gasteiger partial charge in [0, 0.05) is 17.1 Å². The number of anilines is 3. The van der Waals surface area contributed by atoms with Crippen molar-refractivity contribution >= 4 is 27.8 Å². The maximum atomic E-state index is 2.40. The van der Waals surface area contributed by atoms with E-state index in [1.54, 1.807) is 0 Å². The molecule has 0 bridgehead atoms. The largest absolute Gasteiger partial charge is 0.310 e. The highest BCUT2D eigenvalue weighted by Gasteiger charge is 2.19. The lowest BCUT2D eigenvalue weighted by molar-refractivity contribution is 1.28. The molecule has 0 saturated carbocycles. The van der Waals surface area contributed by atoms with E-state index >= 15 is 0 Å². The molecule has 0 spiro atoms. The molecule has 71 heavy (non-hydrogen) atoms. The highest BCUT2D eigenvalue weighted by molar-refractivity contribution is 6.07. The molecule has 12 aromatic rings. The summed E-state index contributed by atoms with van der Waals surface area (Å²) in [6, 6.07) is 108. The SMILES string of the molecule is c1ccc(-c2ccccc2-c2ccccc2-c2ccc(N(c3ccc(-c4ccccc4-c4ccccc4-c4ccccc4)cc3)c3cccc(-c4cccc5cccc(-c6ccccc6)c45)c3)cc2)cc1. The van der Waals surface area contributed by atoms with Crippen LogP contribution < -0.4 is 4.90 Å². The molecule has 0 radical (unpaired) electrons. The predicted octanol–water partition coefficient (Wildman–Crippen LogP) is 19.6. The maximum Gasteiger partial charge on any atom is 0.0467 e. The quantitative estimate of drug-likeness (QED) is 0.125. The average Bonchev–Trinajstić information content (AvgIpc) is 3.46. The van der Waals surface area contributed by atoms with Crippen LogP contribution in [-0.2, 0) is 0 Å². The third kappa shape index (κ3) is 8.52. The van der Waals surface area contributed by atoms with Crippen molar-refractivity contribution in [1.82, 2.24) is 0 Å². The van der Waals surface area contributed by atoms with Crippen LogP contribution in [0.25, 0.3) is 99.8 Å². The molecule has 0 aliphatic rings. The molecule has 0 aromatic heterocycles. The lowest BCUT2D eigenvalue weighted by Gasteiger charge is -2.27. The Morgan fingerprint density at radius 3 is 0.845 bits per heavy atom. The van der Waals surface area contributed by atoms with Crippen LogP contribution in [0.3, 0.4) is 0 Å². The van der Waals surface area contributed by atoms with E-state index in [2.05, 4.69) is 302 Å². The molecule has 0 aliphatic carbocycles. The Bertz CT molecular complexity index is 3610. The Labute approximate surface area is 416 Å². The van der Waals surface area contributed by atoms with Crippen LogP contribution in [0.4, 0.5) is 17.1 Å². The van der Waals surface area contributed by atoms with Crippen LogP contribution in [0.15, 0.2) is 297 Å². The Hall–Kier alpha value is -9.30. The van der Waals surface area contributed by atoms with Crippen molar-refractivity contribution in [2.24, 2.45) is 0 Å². The topological polar surface area (TPSA) is 3.24 Å². The number of fused-ring (bicyclic) bond motifs is 1. The molecule has 0 amide bonds. The summed E-state index contributed by atoms with van der Waals surface area (Å²) in [7, 11) is 0. The fourth-order valence-electron chi connectivity index (χ4n) is 10.4. The van der Waals surface area contributed by atoms with E-state index in [4.69, 9.17) is 0 Å². The summed E-state index contributed by atoms with van der Waals surface area (Å²) in [5.41, 5.74) is 22.4. The predicted molar refractivity (Wildman–Crippen MR) is 302 cm³/mol. The van der Waals surface area contributed by atoms with Gasteiger partial charge < -0.3 is 4.90 Å². The molecule has 1 nitrogen and oxygen atoms in total. The van der Waals surface area contributed by atoms with Crippen molar-refractivity contribution in [3.05, 3.63) is 297 Å². The molecule has 1 heteroatoms. The third-order valence-corrected chi connectivity index (χ3v) is 13.7. The average molecular weight is 904 g/mol. The minimum Gasteiger partial charge on any atom is -0.310 e. The lowest BCUT2D eigenvalue weighted by Crippen LogP contribution is -2.10. The smallest absolute Gasteiger partial charge is 0.0467 e. The van der Waals surface area contributed by atoms with Crippen LogP contribution >= 0.6 is 0 Å². The summed E-state index contributed by atoms with van der Waals surface area (Å²) in [5, 5.41) is 2.47. The number of benzene rings is 12. The van der Waals surface area contributed by atoms with Crippen molar-refractivity contribution in [2.45, 2.75) is 0 Å². The van der Waals surface area contributed by atoms with Gasteiger partial charge in [0.05, 0.1) is 0 Å². The van der Waals surface area contributed by atoms with Gasteiger partial charge in [0.25, 0.3) is 0 Å². The molecule has 12 rings (SSSR count). The molecule has 0 saturated heterocycles. The van der Waals surface area contributed by atoms with Crippen LogP contribution in [0.2, 0.25) is 0 Å². The van der Waals surface area contributed by atoms with Crippen LogP contribution in [-0.4, -0.2) is 0 Å². The Kier molecular flexibility index (Phi) is 11.7. The summed E-state index contributed by atoms with van der Waals surface area (Å²) < 4.78 is 0. The zero-order valence-electron chi connectivity index (χ0n) is 39.2. The van der Waals surface area contributed by atoms with Gasteiger partial charge >= 0.3 is 0 Å². The number of hydrogen-bond donors (Lipinski definition) is 0. The second-order valence-electron chi connectivity index (χ2n) is 18.0. The van der Waals surface area contributed by atoms with Crippen LogP contribution in [0, 0.1) is 0 Å². The van der Waals surface area contributed by atoms with Crippen LogP contribution in [0.1, 0.15) is 0 Å². The number of hydrogen-bond acceptors (Lipinski definition) is 1. The van der Waals surface area contributed by atoms with E-state index in [0.29, 0.717) is 0 Å². The third-order valence-electron chi connectivity index (χ3n) is 13.7. The van der Waals surface area contributed by atoms with Gasteiger partial charge in [0.1, 0.15) is 0 Å². The maximum absolute atomic E-state index is 2.40. The molecular weight excluding hydrogens is 855 g/mol. The van der Waals surface area contributed by atoms with Crippen molar-refractivity contribution in [3.8, 4) is 89.0 Å². The number of nitrogens with zero attached hydrogens (tertiary/aromatic N) is 1. The van der Waals surface area contributed by atoms with E-state index in [-0.39, 0.29) is 0 Å². The monoisotopic (exact) mass is 903 g/mol. The van der Waals surface area contributed by atoms with Gasteiger partial charge in [0.15, 0.2) is 0 Å². The van der Waals surface area contributed by atoms with Gasteiger partial charge in [-0.05, 0) is 136 Å². The zero-order valence-corrected chi connectivity index (χ0v) is 39.2. The summed E-state index contributed by atoms with van der Waals surface area (Å²) in [4.78, 5) is 2.40. The molecule has 0 N–H and O–H groups in total. The van der Waals surface area contributed by atoms with E-state index < -0.39 is 0 Å². The van der Waals surface area contributed by atoms with Gasteiger partial charge in [0.2, 0.25) is 0 Å². The zero-order chi connectivity index (χ0) is 47.3.